The first kappa shape index (κ1) is 13.6. The maximum Gasteiger partial charge on any atom is 0.124 e. The second kappa shape index (κ2) is 6.36. The minimum Gasteiger partial charge on any atom is -0.494 e. The van der Waals surface area contributed by atoms with E-state index in [2.05, 4.69) is 27.4 Å². The highest BCUT2D eigenvalue weighted by Crippen LogP contribution is 2.30. The van der Waals surface area contributed by atoms with Crippen molar-refractivity contribution in [1.29, 1.82) is 0 Å². The number of thiophene rings is 1. The Bertz CT molecular complexity index is 512. The van der Waals surface area contributed by atoms with Gasteiger partial charge in [-0.15, -0.1) is 11.3 Å². The Morgan fingerprint density at radius 3 is 2.78 bits per heavy atom. The third-order valence-electron chi connectivity index (χ3n) is 2.71. The van der Waals surface area contributed by atoms with Gasteiger partial charge in [0.15, 0.2) is 0 Å². The van der Waals surface area contributed by atoms with Crippen LogP contribution >= 0.6 is 27.3 Å². The van der Waals surface area contributed by atoms with E-state index in [0.717, 1.165) is 22.2 Å². The van der Waals surface area contributed by atoms with Crippen molar-refractivity contribution < 1.29 is 4.74 Å². The van der Waals surface area contributed by atoms with Crippen LogP contribution in [-0.4, -0.2) is 6.61 Å². The van der Waals surface area contributed by atoms with Crippen LogP contribution in [0.3, 0.4) is 0 Å². The number of para-hydroxylation sites is 1. The number of hydrogen-bond acceptors (Lipinski definition) is 3. The predicted octanol–water partition coefficient (Wildman–Crippen LogP) is 4.15. The van der Waals surface area contributed by atoms with Gasteiger partial charge < -0.3 is 10.5 Å². The number of benzene rings is 1. The molecule has 1 aromatic carbocycles. The Kier molecular flexibility index (Phi) is 4.80. The molecule has 0 aliphatic carbocycles. The number of rotatable bonds is 5. The zero-order valence-electron chi connectivity index (χ0n) is 10.2. The molecule has 0 spiro atoms. The SMILES string of the molecule is CCOc1ccccc1C(N)Cc1sccc1Br. The minimum absolute atomic E-state index is 0.0392. The summed E-state index contributed by atoms with van der Waals surface area (Å²) < 4.78 is 6.76. The topological polar surface area (TPSA) is 35.2 Å². The molecule has 2 nitrogen and oxygen atoms in total. The summed E-state index contributed by atoms with van der Waals surface area (Å²) in [5, 5.41) is 2.07. The van der Waals surface area contributed by atoms with E-state index in [9.17, 15) is 0 Å². The van der Waals surface area contributed by atoms with Crippen LogP contribution in [0.5, 0.6) is 5.75 Å². The van der Waals surface area contributed by atoms with E-state index in [1.807, 2.05) is 31.2 Å². The molecule has 0 aliphatic rings. The molecular weight excluding hydrogens is 310 g/mol. The highest BCUT2D eigenvalue weighted by molar-refractivity contribution is 9.10. The van der Waals surface area contributed by atoms with Gasteiger partial charge in [0.2, 0.25) is 0 Å². The Labute approximate surface area is 120 Å². The van der Waals surface area contributed by atoms with Gasteiger partial charge in [0.05, 0.1) is 6.61 Å². The van der Waals surface area contributed by atoms with E-state index >= 15 is 0 Å². The molecule has 1 unspecified atom stereocenters. The molecule has 0 bridgehead atoms. The molecule has 0 saturated carbocycles. The van der Waals surface area contributed by atoms with Crippen molar-refractivity contribution in [2.75, 3.05) is 6.61 Å². The molecule has 0 aliphatic heterocycles. The fraction of sp³-hybridized carbons (Fsp3) is 0.286. The van der Waals surface area contributed by atoms with E-state index in [1.54, 1.807) is 11.3 Å². The van der Waals surface area contributed by atoms with Gasteiger partial charge in [0.25, 0.3) is 0 Å². The monoisotopic (exact) mass is 325 g/mol. The molecule has 4 heteroatoms. The molecule has 1 aromatic heterocycles. The van der Waals surface area contributed by atoms with Crippen molar-refractivity contribution in [3.8, 4) is 5.75 Å². The van der Waals surface area contributed by atoms with E-state index in [0.29, 0.717) is 6.61 Å². The van der Waals surface area contributed by atoms with E-state index < -0.39 is 0 Å². The van der Waals surface area contributed by atoms with Crippen LogP contribution in [0.4, 0.5) is 0 Å². The first-order valence-electron chi connectivity index (χ1n) is 5.91. The fourth-order valence-electron chi connectivity index (χ4n) is 1.85. The average Bonchev–Trinajstić information content (AvgIpc) is 2.76. The number of nitrogens with two attached hydrogens (primary N) is 1. The Balaban J connectivity index is 2.18. The van der Waals surface area contributed by atoms with Gasteiger partial charge in [-0.1, -0.05) is 18.2 Å². The molecule has 0 fully saturated rings. The number of halogens is 1. The third kappa shape index (κ3) is 3.13. The first-order chi connectivity index (χ1) is 8.72. The molecule has 0 amide bonds. The van der Waals surface area contributed by atoms with Gasteiger partial charge in [-0.25, -0.2) is 0 Å². The lowest BCUT2D eigenvalue weighted by Gasteiger charge is -2.16. The molecule has 1 atom stereocenters. The van der Waals surface area contributed by atoms with E-state index in [-0.39, 0.29) is 6.04 Å². The summed E-state index contributed by atoms with van der Waals surface area (Å²) in [6.07, 6.45) is 0.822. The summed E-state index contributed by atoms with van der Waals surface area (Å²) in [5.41, 5.74) is 7.36. The van der Waals surface area contributed by atoms with Gasteiger partial charge in [0, 0.05) is 27.4 Å². The van der Waals surface area contributed by atoms with Crippen LogP contribution in [0.2, 0.25) is 0 Å². The summed E-state index contributed by atoms with van der Waals surface area (Å²) in [5.74, 6) is 0.889. The van der Waals surface area contributed by atoms with Crippen LogP contribution in [0.1, 0.15) is 23.4 Å². The fourth-order valence-corrected chi connectivity index (χ4v) is 3.43. The van der Waals surface area contributed by atoms with Crippen LogP contribution in [-0.2, 0) is 6.42 Å². The molecule has 96 valence electrons. The number of ether oxygens (including phenoxy) is 1. The van der Waals surface area contributed by atoms with Gasteiger partial charge in [-0.2, -0.15) is 0 Å². The maximum absolute atomic E-state index is 6.29. The van der Waals surface area contributed by atoms with Crippen molar-refractivity contribution in [3.63, 3.8) is 0 Å². The highest BCUT2D eigenvalue weighted by Gasteiger charge is 2.14. The smallest absolute Gasteiger partial charge is 0.124 e. The predicted molar refractivity (Wildman–Crippen MR) is 80.3 cm³/mol. The van der Waals surface area contributed by atoms with Crippen LogP contribution in [0, 0.1) is 0 Å². The molecule has 1 heterocycles. The zero-order valence-corrected chi connectivity index (χ0v) is 12.6. The number of hydrogen-bond donors (Lipinski definition) is 1. The second-order valence-electron chi connectivity index (χ2n) is 3.97. The summed E-state index contributed by atoms with van der Waals surface area (Å²) >= 11 is 5.26. The summed E-state index contributed by atoms with van der Waals surface area (Å²) in [6.45, 7) is 2.64. The standard InChI is InChI=1S/C14H16BrNOS/c1-2-17-13-6-4-3-5-10(13)12(16)9-14-11(15)7-8-18-14/h3-8,12H,2,9,16H2,1H3. The van der Waals surface area contributed by atoms with Gasteiger partial charge >= 0.3 is 0 Å². The van der Waals surface area contributed by atoms with E-state index in [4.69, 9.17) is 10.5 Å². The van der Waals surface area contributed by atoms with Crippen LogP contribution in [0.25, 0.3) is 0 Å². The average molecular weight is 326 g/mol. The van der Waals surface area contributed by atoms with Crippen molar-refractivity contribution >= 4 is 27.3 Å². The summed E-state index contributed by atoms with van der Waals surface area (Å²) in [6, 6.07) is 10.0. The van der Waals surface area contributed by atoms with Crippen LogP contribution in [0.15, 0.2) is 40.2 Å². The molecule has 2 rings (SSSR count). The minimum atomic E-state index is -0.0392. The van der Waals surface area contributed by atoms with Gasteiger partial charge in [-0.3, -0.25) is 0 Å². The van der Waals surface area contributed by atoms with Gasteiger partial charge in [0.1, 0.15) is 5.75 Å². The lowest BCUT2D eigenvalue weighted by atomic mass is 10.0. The Hall–Kier alpha value is -0.840. The third-order valence-corrected chi connectivity index (χ3v) is 4.66. The van der Waals surface area contributed by atoms with Crippen molar-refractivity contribution in [2.45, 2.75) is 19.4 Å². The lowest BCUT2D eigenvalue weighted by Crippen LogP contribution is -2.14. The molecule has 18 heavy (non-hydrogen) atoms. The van der Waals surface area contributed by atoms with Gasteiger partial charge in [-0.05, 0) is 40.4 Å². The molecule has 0 radical (unpaired) electrons. The quantitative estimate of drug-likeness (QED) is 0.896. The molecule has 0 saturated heterocycles. The summed E-state index contributed by atoms with van der Waals surface area (Å²) in [4.78, 5) is 1.27. The van der Waals surface area contributed by atoms with Crippen molar-refractivity contribution in [2.24, 2.45) is 5.73 Å². The van der Waals surface area contributed by atoms with Crippen LogP contribution < -0.4 is 10.5 Å². The normalized spacial score (nSPS) is 12.4. The molecule has 2 aromatic rings. The zero-order chi connectivity index (χ0) is 13.0. The first-order valence-corrected chi connectivity index (χ1v) is 7.58. The lowest BCUT2D eigenvalue weighted by molar-refractivity contribution is 0.334. The Morgan fingerprint density at radius 2 is 2.11 bits per heavy atom. The summed E-state index contributed by atoms with van der Waals surface area (Å²) in [7, 11) is 0. The maximum atomic E-state index is 6.29. The second-order valence-corrected chi connectivity index (χ2v) is 5.83. The Morgan fingerprint density at radius 1 is 1.33 bits per heavy atom. The van der Waals surface area contributed by atoms with Crippen molar-refractivity contribution in [3.05, 3.63) is 50.6 Å². The van der Waals surface area contributed by atoms with Crippen molar-refractivity contribution in [1.82, 2.24) is 0 Å². The molecular formula is C14H16BrNOS. The molecule has 2 N–H and O–H groups in total. The largest absolute Gasteiger partial charge is 0.494 e. The highest BCUT2D eigenvalue weighted by atomic mass is 79.9. The van der Waals surface area contributed by atoms with E-state index in [1.165, 1.54) is 4.88 Å².